The third-order valence-corrected chi connectivity index (χ3v) is 4.81. The van der Waals surface area contributed by atoms with Gasteiger partial charge >= 0.3 is 0 Å². The number of nitrogens with zero attached hydrogens (tertiary/aromatic N) is 2. The Kier molecular flexibility index (Phi) is 3.19. The maximum absolute atomic E-state index is 5.83. The number of thiophene rings is 1. The van der Waals surface area contributed by atoms with Gasteiger partial charge in [-0.2, -0.15) is 0 Å². The quantitative estimate of drug-likeness (QED) is 0.939. The molecule has 0 amide bonds. The Morgan fingerprint density at radius 2 is 2.33 bits per heavy atom. The van der Waals surface area contributed by atoms with Crippen molar-refractivity contribution in [2.75, 3.05) is 19.8 Å². The van der Waals surface area contributed by atoms with Crippen molar-refractivity contribution in [3.8, 4) is 10.6 Å². The van der Waals surface area contributed by atoms with Crippen LogP contribution >= 0.6 is 27.3 Å². The minimum atomic E-state index is -0.190. The Morgan fingerprint density at radius 1 is 1.50 bits per heavy atom. The normalized spacial score (nSPS) is 17.4. The molecule has 2 N–H and O–H groups in total. The molecule has 1 aliphatic rings. The lowest BCUT2D eigenvalue weighted by molar-refractivity contribution is -0.0593. The fourth-order valence-corrected chi connectivity index (χ4v) is 3.28. The van der Waals surface area contributed by atoms with Gasteiger partial charge in [0.05, 0.1) is 29.2 Å². The van der Waals surface area contributed by atoms with Crippen molar-refractivity contribution < 1.29 is 4.74 Å². The van der Waals surface area contributed by atoms with E-state index >= 15 is 0 Å². The highest BCUT2D eigenvalue weighted by Crippen LogP contribution is 2.32. The molecule has 18 heavy (non-hydrogen) atoms. The molecule has 0 aliphatic carbocycles. The van der Waals surface area contributed by atoms with E-state index in [-0.39, 0.29) is 5.41 Å². The van der Waals surface area contributed by atoms with E-state index in [4.69, 9.17) is 10.5 Å². The van der Waals surface area contributed by atoms with Gasteiger partial charge in [0.2, 0.25) is 0 Å². The summed E-state index contributed by atoms with van der Waals surface area (Å²) in [5.74, 6) is 0.790. The highest BCUT2D eigenvalue weighted by molar-refractivity contribution is 9.10. The van der Waals surface area contributed by atoms with Gasteiger partial charge < -0.3 is 10.5 Å². The van der Waals surface area contributed by atoms with Crippen molar-refractivity contribution >= 4 is 27.3 Å². The highest BCUT2D eigenvalue weighted by Gasteiger charge is 2.42. The Morgan fingerprint density at radius 3 is 2.89 bits per heavy atom. The first-order chi connectivity index (χ1) is 8.73. The number of aromatic nitrogens is 2. The van der Waals surface area contributed by atoms with Crippen LogP contribution in [0.2, 0.25) is 0 Å². The lowest BCUT2D eigenvalue weighted by Gasteiger charge is -2.38. The number of halogens is 1. The lowest BCUT2D eigenvalue weighted by atomic mass is 9.85. The summed E-state index contributed by atoms with van der Waals surface area (Å²) in [6.45, 7) is 1.74. The van der Waals surface area contributed by atoms with E-state index in [1.54, 1.807) is 17.5 Å². The van der Waals surface area contributed by atoms with Crippen LogP contribution in [0, 0.1) is 0 Å². The topological polar surface area (TPSA) is 61.0 Å². The third-order valence-electron chi connectivity index (χ3n) is 3.10. The largest absolute Gasteiger partial charge is 0.379 e. The van der Waals surface area contributed by atoms with Crippen LogP contribution in [0.1, 0.15) is 5.82 Å². The van der Waals surface area contributed by atoms with E-state index in [0.29, 0.717) is 19.8 Å². The summed E-state index contributed by atoms with van der Waals surface area (Å²) in [5.41, 5.74) is 6.58. The maximum atomic E-state index is 5.83. The zero-order chi connectivity index (χ0) is 12.6. The number of rotatable bonds is 3. The molecule has 4 nitrogen and oxygen atoms in total. The summed E-state index contributed by atoms with van der Waals surface area (Å²) in [4.78, 5) is 10.1. The number of hydrogen-bond donors (Lipinski definition) is 1. The zero-order valence-corrected chi connectivity index (χ0v) is 12.0. The van der Waals surface area contributed by atoms with E-state index in [2.05, 4.69) is 32.0 Å². The fourth-order valence-electron chi connectivity index (χ4n) is 1.89. The van der Waals surface area contributed by atoms with Gasteiger partial charge in [-0.1, -0.05) is 0 Å². The minimum Gasteiger partial charge on any atom is -0.379 e. The van der Waals surface area contributed by atoms with Crippen LogP contribution in [0.5, 0.6) is 0 Å². The molecule has 0 spiro atoms. The Hall–Kier alpha value is -0.820. The van der Waals surface area contributed by atoms with Crippen molar-refractivity contribution in [1.29, 1.82) is 0 Å². The van der Waals surface area contributed by atoms with Gasteiger partial charge in [0.1, 0.15) is 5.82 Å². The molecule has 2 aromatic heterocycles. The Balaban J connectivity index is 1.99. The van der Waals surface area contributed by atoms with Crippen LogP contribution in [0.25, 0.3) is 10.6 Å². The van der Waals surface area contributed by atoms with Crippen LogP contribution in [0.4, 0.5) is 0 Å². The summed E-state index contributed by atoms with van der Waals surface area (Å²) in [6.07, 6.45) is 1.79. The average Bonchev–Trinajstić information content (AvgIpc) is 2.76. The second-order valence-corrected chi connectivity index (χ2v) is 6.20. The van der Waals surface area contributed by atoms with Crippen LogP contribution < -0.4 is 5.73 Å². The predicted molar refractivity (Wildman–Crippen MR) is 74.6 cm³/mol. The summed E-state index contributed by atoms with van der Waals surface area (Å²) < 4.78 is 6.34. The van der Waals surface area contributed by atoms with Crippen molar-refractivity contribution in [1.82, 2.24) is 9.97 Å². The van der Waals surface area contributed by atoms with Crippen molar-refractivity contribution in [2.24, 2.45) is 5.73 Å². The highest BCUT2D eigenvalue weighted by atomic mass is 79.9. The molecule has 1 fully saturated rings. The third kappa shape index (κ3) is 1.99. The Bertz CT molecular complexity index is 562. The van der Waals surface area contributed by atoms with Gasteiger partial charge in [-0.3, -0.25) is 0 Å². The van der Waals surface area contributed by atoms with Crippen LogP contribution in [-0.2, 0) is 10.2 Å². The summed E-state index contributed by atoms with van der Waals surface area (Å²) in [5, 5.41) is 2.04. The second kappa shape index (κ2) is 4.70. The Labute approximate surface area is 117 Å². The van der Waals surface area contributed by atoms with Gasteiger partial charge in [-0.25, -0.2) is 9.97 Å². The predicted octanol–water partition coefficient (Wildman–Crippen LogP) is 2.19. The minimum absolute atomic E-state index is 0.190. The number of nitrogens with two attached hydrogens (primary N) is 1. The van der Waals surface area contributed by atoms with Gasteiger partial charge in [0, 0.05) is 22.6 Å². The fraction of sp³-hybridized carbons (Fsp3) is 0.333. The molecule has 2 aromatic rings. The van der Waals surface area contributed by atoms with Gasteiger partial charge in [-0.05, 0) is 28.1 Å². The summed E-state index contributed by atoms with van der Waals surface area (Å²) >= 11 is 5.11. The standard InChI is InChI=1S/C12H12BrN3OS/c13-8-3-10(18-4-8)9-1-2-15-11(16-9)12(5-14)6-17-7-12/h1-4H,5-7,14H2. The molecule has 0 unspecified atom stereocenters. The van der Waals surface area contributed by atoms with E-state index in [1.807, 2.05) is 11.4 Å². The van der Waals surface area contributed by atoms with E-state index < -0.39 is 0 Å². The molecule has 0 radical (unpaired) electrons. The first-order valence-electron chi connectivity index (χ1n) is 5.59. The average molecular weight is 326 g/mol. The monoisotopic (exact) mass is 325 g/mol. The molecule has 3 heterocycles. The lowest BCUT2D eigenvalue weighted by Crippen LogP contribution is -2.53. The molecule has 0 saturated carbocycles. The molecular formula is C12H12BrN3OS. The molecule has 0 bridgehead atoms. The molecular weight excluding hydrogens is 314 g/mol. The SMILES string of the molecule is NCC1(c2nccc(-c3cc(Br)cs3)n2)COC1. The summed E-state index contributed by atoms with van der Waals surface area (Å²) in [7, 11) is 0. The molecule has 1 saturated heterocycles. The van der Waals surface area contributed by atoms with E-state index in [9.17, 15) is 0 Å². The number of hydrogen-bond acceptors (Lipinski definition) is 5. The molecule has 0 atom stereocenters. The first-order valence-corrected chi connectivity index (χ1v) is 7.26. The molecule has 3 rings (SSSR count). The van der Waals surface area contributed by atoms with Crippen LogP contribution in [-0.4, -0.2) is 29.7 Å². The molecule has 94 valence electrons. The van der Waals surface area contributed by atoms with Crippen molar-refractivity contribution in [3.63, 3.8) is 0 Å². The smallest absolute Gasteiger partial charge is 0.141 e. The number of ether oxygens (including phenoxy) is 1. The van der Waals surface area contributed by atoms with Crippen LogP contribution in [0.15, 0.2) is 28.2 Å². The first kappa shape index (κ1) is 12.2. The van der Waals surface area contributed by atoms with Crippen LogP contribution in [0.3, 0.4) is 0 Å². The molecule has 6 heteroatoms. The molecule has 0 aromatic carbocycles. The maximum Gasteiger partial charge on any atom is 0.141 e. The van der Waals surface area contributed by atoms with Crippen molar-refractivity contribution in [3.05, 3.63) is 34.0 Å². The van der Waals surface area contributed by atoms with Gasteiger partial charge in [0.15, 0.2) is 0 Å². The van der Waals surface area contributed by atoms with E-state index in [0.717, 1.165) is 20.9 Å². The van der Waals surface area contributed by atoms with E-state index in [1.165, 1.54) is 0 Å². The molecule has 1 aliphatic heterocycles. The van der Waals surface area contributed by atoms with Crippen molar-refractivity contribution in [2.45, 2.75) is 5.41 Å². The summed E-state index contributed by atoms with van der Waals surface area (Å²) in [6, 6.07) is 3.98. The van der Waals surface area contributed by atoms with Gasteiger partial charge in [0.25, 0.3) is 0 Å². The zero-order valence-electron chi connectivity index (χ0n) is 9.60. The second-order valence-electron chi connectivity index (χ2n) is 4.37. The van der Waals surface area contributed by atoms with Gasteiger partial charge in [-0.15, -0.1) is 11.3 Å².